The molecule has 5 rings (SSSR count). The summed E-state index contributed by atoms with van der Waals surface area (Å²) in [5.74, 6) is 0.767. The van der Waals surface area contributed by atoms with Crippen LogP contribution in [0.25, 0.3) is 21.7 Å². The van der Waals surface area contributed by atoms with Crippen LogP contribution in [-0.2, 0) is 14.3 Å². The highest BCUT2D eigenvalue weighted by Gasteiger charge is 2.24. The van der Waals surface area contributed by atoms with E-state index in [0.717, 1.165) is 16.8 Å². The number of benzene rings is 2. The van der Waals surface area contributed by atoms with Crippen molar-refractivity contribution < 1.29 is 28.5 Å². The van der Waals surface area contributed by atoms with E-state index in [1.54, 1.807) is 49.8 Å². The summed E-state index contributed by atoms with van der Waals surface area (Å²) in [5.41, 5.74) is 0.616. The molecule has 4 aromatic rings. The molecule has 0 radical (unpaired) electrons. The molecular formula is C27H22N4O6. The summed E-state index contributed by atoms with van der Waals surface area (Å²) >= 11 is 0. The lowest BCUT2D eigenvalue weighted by Crippen LogP contribution is -2.21. The van der Waals surface area contributed by atoms with Gasteiger partial charge in [0.05, 0.1) is 24.9 Å². The Morgan fingerprint density at radius 2 is 1.78 bits per heavy atom. The first-order valence-electron chi connectivity index (χ1n) is 11.3. The van der Waals surface area contributed by atoms with Crippen LogP contribution < -0.4 is 19.5 Å². The number of ketones is 2. The second kappa shape index (κ2) is 10.4. The fourth-order valence-corrected chi connectivity index (χ4v) is 3.82. The van der Waals surface area contributed by atoms with Crippen LogP contribution in [0.3, 0.4) is 0 Å². The van der Waals surface area contributed by atoms with Gasteiger partial charge in [-0.15, -0.1) is 0 Å². The quantitative estimate of drug-likeness (QED) is 0.270. The number of ether oxygens (including phenoxy) is 4. The normalized spacial score (nSPS) is 13.4. The summed E-state index contributed by atoms with van der Waals surface area (Å²) in [5, 5.41) is 5.16. The molecule has 1 N–H and O–H groups in total. The Balaban J connectivity index is 1.39. The topological polar surface area (TPSA) is 122 Å². The first-order chi connectivity index (χ1) is 18.1. The van der Waals surface area contributed by atoms with Crippen LogP contribution >= 0.6 is 0 Å². The van der Waals surface area contributed by atoms with E-state index in [1.165, 1.54) is 19.5 Å². The third-order valence-electron chi connectivity index (χ3n) is 5.63. The Morgan fingerprint density at radius 3 is 2.62 bits per heavy atom. The van der Waals surface area contributed by atoms with Gasteiger partial charge in [0.25, 0.3) is 0 Å². The van der Waals surface area contributed by atoms with Crippen molar-refractivity contribution in [3.8, 4) is 17.2 Å². The average Bonchev–Trinajstić information content (AvgIpc) is 2.91. The molecule has 0 atom stereocenters. The zero-order valence-corrected chi connectivity index (χ0v) is 20.1. The number of nitrogens with zero attached hydrogens (tertiary/aromatic N) is 3. The van der Waals surface area contributed by atoms with Gasteiger partial charge >= 0.3 is 0 Å². The number of rotatable bonds is 9. The highest BCUT2D eigenvalue weighted by atomic mass is 16.5. The SMILES string of the molecule is COCCOc1cc2ncnc(NC3=CC(=O)C(Oc4cccc5cnccc45)=CC3=O)c2cc1OC. The van der Waals surface area contributed by atoms with Gasteiger partial charge in [-0.25, -0.2) is 9.97 Å². The Labute approximate surface area is 211 Å². The number of allylic oxidation sites excluding steroid dienone is 2. The van der Waals surface area contributed by atoms with Gasteiger partial charge in [-0.2, -0.15) is 0 Å². The minimum absolute atomic E-state index is 0.0545. The third kappa shape index (κ3) is 4.95. The van der Waals surface area contributed by atoms with Crippen LogP contribution in [0, 0.1) is 0 Å². The number of hydrogen-bond donors (Lipinski definition) is 1. The van der Waals surface area contributed by atoms with E-state index in [4.69, 9.17) is 18.9 Å². The molecular weight excluding hydrogens is 476 g/mol. The molecule has 186 valence electrons. The van der Waals surface area contributed by atoms with Crippen molar-refractivity contribution in [3.05, 3.63) is 78.7 Å². The molecule has 1 aliphatic carbocycles. The zero-order valence-electron chi connectivity index (χ0n) is 20.1. The highest BCUT2D eigenvalue weighted by molar-refractivity contribution is 6.20. The van der Waals surface area contributed by atoms with Gasteiger partial charge in [0, 0.05) is 53.9 Å². The van der Waals surface area contributed by atoms with Crippen molar-refractivity contribution in [2.75, 3.05) is 32.8 Å². The van der Waals surface area contributed by atoms with E-state index in [9.17, 15) is 9.59 Å². The van der Waals surface area contributed by atoms with Gasteiger partial charge < -0.3 is 24.3 Å². The smallest absolute Gasteiger partial charge is 0.223 e. The summed E-state index contributed by atoms with van der Waals surface area (Å²) in [6.07, 6.45) is 7.04. The van der Waals surface area contributed by atoms with Crippen LogP contribution in [-0.4, -0.2) is 54.0 Å². The standard InChI is InChI=1S/C27H22N4O6/c1-34-8-9-36-26-12-19-18(10-25(26)35-2)27(30-15-29-19)31-20-11-22(33)24(13-21(20)32)37-23-5-3-4-16-14-28-7-6-17(16)23/h3-7,10-15H,8-9H2,1-2H3,(H,29,30,31). The fourth-order valence-electron chi connectivity index (χ4n) is 3.82. The molecule has 0 saturated carbocycles. The largest absolute Gasteiger partial charge is 0.493 e. The Hall–Kier alpha value is -4.83. The lowest BCUT2D eigenvalue weighted by molar-refractivity contribution is -0.116. The molecule has 0 spiro atoms. The van der Waals surface area contributed by atoms with Crippen molar-refractivity contribution >= 4 is 39.1 Å². The van der Waals surface area contributed by atoms with E-state index in [1.807, 2.05) is 6.07 Å². The van der Waals surface area contributed by atoms with Gasteiger partial charge in [0.1, 0.15) is 24.5 Å². The van der Waals surface area contributed by atoms with E-state index in [0.29, 0.717) is 47.2 Å². The van der Waals surface area contributed by atoms with Crippen LogP contribution in [0.2, 0.25) is 0 Å². The number of hydrogen-bond acceptors (Lipinski definition) is 10. The molecule has 2 aromatic heterocycles. The van der Waals surface area contributed by atoms with Gasteiger partial charge in [0.15, 0.2) is 17.3 Å². The second-order valence-corrected chi connectivity index (χ2v) is 7.96. The molecule has 10 heteroatoms. The maximum absolute atomic E-state index is 12.9. The third-order valence-corrected chi connectivity index (χ3v) is 5.63. The molecule has 1 aliphatic rings. The summed E-state index contributed by atoms with van der Waals surface area (Å²) in [4.78, 5) is 38.4. The number of carbonyl (C=O) groups excluding carboxylic acids is 2. The first-order valence-corrected chi connectivity index (χ1v) is 11.3. The molecule has 10 nitrogen and oxygen atoms in total. The van der Waals surface area contributed by atoms with Crippen molar-refractivity contribution in [3.63, 3.8) is 0 Å². The number of nitrogens with one attached hydrogen (secondary N) is 1. The van der Waals surface area contributed by atoms with Crippen molar-refractivity contribution in [1.29, 1.82) is 0 Å². The van der Waals surface area contributed by atoms with Crippen molar-refractivity contribution in [1.82, 2.24) is 15.0 Å². The molecule has 2 heterocycles. The number of anilines is 1. The summed E-state index contributed by atoms with van der Waals surface area (Å²) in [6, 6.07) is 10.6. The molecule has 2 aromatic carbocycles. The number of aromatic nitrogens is 3. The summed E-state index contributed by atoms with van der Waals surface area (Å²) in [6.45, 7) is 0.753. The molecule has 0 saturated heterocycles. The zero-order chi connectivity index (χ0) is 25.8. The average molecular weight is 498 g/mol. The minimum atomic E-state index is -0.460. The molecule has 0 aliphatic heterocycles. The minimum Gasteiger partial charge on any atom is -0.493 e. The lowest BCUT2D eigenvalue weighted by Gasteiger charge is -2.16. The molecule has 0 bridgehead atoms. The van der Waals surface area contributed by atoms with Crippen LogP contribution in [0.4, 0.5) is 5.82 Å². The van der Waals surface area contributed by atoms with E-state index >= 15 is 0 Å². The van der Waals surface area contributed by atoms with E-state index in [2.05, 4.69) is 20.3 Å². The van der Waals surface area contributed by atoms with Gasteiger partial charge in [-0.3, -0.25) is 14.6 Å². The Morgan fingerprint density at radius 1 is 0.892 bits per heavy atom. The summed E-state index contributed by atoms with van der Waals surface area (Å²) in [7, 11) is 3.11. The van der Waals surface area contributed by atoms with Gasteiger partial charge in [-0.1, -0.05) is 12.1 Å². The number of pyridine rings is 1. The van der Waals surface area contributed by atoms with Gasteiger partial charge in [0.2, 0.25) is 11.6 Å². The van der Waals surface area contributed by atoms with E-state index in [-0.39, 0.29) is 11.5 Å². The van der Waals surface area contributed by atoms with Crippen molar-refractivity contribution in [2.24, 2.45) is 0 Å². The van der Waals surface area contributed by atoms with E-state index < -0.39 is 11.6 Å². The predicted octanol–water partition coefficient (Wildman–Crippen LogP) is 3.62. The van der Waals surface area contributed by atoms with Crippen molar-refractivity contribution in [2.45, 2.75) is 0 Å². The number of carbonyl (C=O) groups is 2. The van der Waals surface area contributed by atoms with Crippen LogP contribution in [0.15, 0.2) is 78.7 Å². The lowest BCUT2D eigenvalue weighted by atomic mass is 10.1. The molecule has 0 unspecified atom stereocenters. The monoisotopic (exact) mass is 498 g/mol. The number of methoxy groups -OCH3 is 2. The summed E-state index contributed by atoms with van der Waals surface area (Å²) < 4.78 is 22.0. The number of fused-ring (bicyclic) bond motifs is 2. The Kier molecular flexibility index (Phi) is 6.73. The maximum atomic E-state index is 12.9. The Bertz CT molecular complexity index is 1580. The second-order valence-electron chi connectivity index (χ2n) is 7.96. The predicted molar refractivity (Wildman–Crippen MR) is 136 cm³/mol. The first kappa shape index (κ1) is 23.9. The molecule has 37 heavy (non-hydrogen) atoms. The maximum Gasteiger partial charge on any atom is 0.223 e. The molecule has 0 fully saturated rings. The van der Waals surface area contributed by atoms with Crippen LogP contribution in [0.1, 0.15) is 0 Å². The molecule has 0 amide bonds. The highest BCUT2D eigenvalue weighted by Crippen LogP contribution is 2.34. The fraction of sp³-hybridized carbons (Fsp3) is 0.148. The van der Waals surface area contributed by atoms with Crippen LogP contribution in [0.5, 0.6) is 17.2 Å². The van der Waals surface area contributed by atoms with Gasteiger partial charge in [-0.05, 0) is 18.2 Å².